The number of hydrogen-bond donors (Lipinski definition) is 1. The predicted molar refractivity (Wildman–Crippen MR) is 100 cm³/mol. The third-order valence-corrected chi connectivity index (χ3v) is 3.89. The number of nitrogens with zero attached hydrogens (tertiary/aromatic N) is 5. The van der Waals surface area contributed by atoms with Gasteiger partial charge < -0.3 is 23.8 Å². The summed E-state index contributed by atoms with van der Waals surface area (Å²) >= 11 is 0. The van der Waals surface area contributed by atoms with Crippen molar-refractivity contribution in [2.75, 3.05) is 58.0 Å². The van der Waals surface area contributed by atoms with E-state index in [0.29, 0.717) is 43.8 Å². The second-order valence-electron chi connectivity index (χ2n) is 5.52. The van der Waals surface area contributed by atoms with Gasteiger partial charge in [0, 0.05) is 24.7 Å². The molecule has 0 radical (unpaired) electrons. The van der Waals surface area contributed by atoms with Crippen LogP contribution in [0.5, 0.6) is 17.5 Å². The summed E-state index contributed by atoms with van der Waals surface area (Å²) in [4.78, 5) is 14.9. The van der Waals surface area contributed by atoms with Crippen molar-refractivity contribution in [1.29, 1.82) is 0 Å². The zero-order chi connectivity index (χ0) is 19.1. The molecule has 0 bridgehead atoms. The first-order valence-corrected chi connectivity index (χ1v) is 8.37. The Morgan fingerprint density at radius 3 is 2.59 bits per heavy atom. The van der Waals surface area contributed by atoms with E-state index in [-0.39, 0.29) is 12.0 Å². The lowest BCUT2D eigenvalue weighted by atomic mass is 10.2. The summed E-state index contributed by atoms with van der Waals surface area (Å²) < 4.78 is 21.1. The van der Waals surface area contributed by atoms with Gasteiger partial charge in [-0.25, -0.2) is 5.43 Å². The number of hydrazone groups is 1. The molecule has 1 fully saturated rings. The van der Waals surface area contributed by atoms with Gasteiger partial charge in [0.2, 0.25) is 5.95 Å². The van der Waals surface area contributed by atoms with Gasteiger partial charge in [-0.1, -0.05) is 0 Å². The Kier molecular flexibility index (Phi) is 6.21. The van der Waals surface area contributed by atoms with Crippen LogP contribution >= 0.6 is 0 Å². The number of hydrogen-bond acceptors (Lipinski definition) is 10. The number of rotatable bonds is 7. The zero-order valence-electron chi connectivity index (χ0n) is 15.5. The van der Waals surface area contributed by atoms with E-state index in [0.717, 1.165) is 5.56 Å². The molecule has 0 saturated carbocycles. The average Bonchev–Trinajstić information content (AvgIpc) is 2.74. The zero-order valence-corrected chi connectivity index (χ0v) is 15.5. The van der Waals surface area contributed by atoms with Crippen LogP contribution in [-0.4, -0.2) is 68.8 Å². The minimum Gasteiger partial charge on any atom is -0.497 e. The average molecular weight is 374 g/mol. The van der Waals surface area contributed by atoms with Crippen LogP contribution in [-0.2, 0) is 4.74 Å². The fourth-order valence-corrected chi connectivity index (χ4v) is 2.48. The van der Waals surface area contributed by atoms with Crippen molar-refractivity contribution in [3.8, 4) is 17.5 Å². The first-order chi connectivity index (χ1) is 13.2. The van der Waals surface area contributed by atoms with Crippen LogP contribution in [0.2, 0.25) is 0 Å². The number of ether oxygens (including phenoxy) is 4. The van der Waals surface area contributed by atoms with Crippen LogP contribution < -0.4 is 24.5 Å². The van der Waals surface area contributed by atoms with Crippen molar-refractivity contribution in [3.05, 3.63) is 23.8 Å². The van der Waals surface area contributed by atoms with Gasteiger partial charge in [0.05, 0.1) is 40.8 Å². The Balaban J connectivity index is 1.76. The lowest BCUT2D eigenvalue weighted by Gasteiger charge is -2.26. The normalized spacial score (nSPS) is 14.3. The fourth-order valence-electron chi connectivity index (χ4n) is 2.48. The highest BCUT2D eigenvalue weighted by atomic mass is 16.5. The number of methoxy groups -OCH3 is 3. The lowest BCUT2D eigenvalue weighted by Crippen LogP contribution is -2.37. The SMILES string of the molecule is COc1ccc(/C=N/Nc2nc(OC)nc(N3CCOCC3)n2)c(OC)c1. The molecule has 1 N–H and O–H groups in total. The van der Waals surface area contributed by atoms with E-state index in [2.05, 4.69) is 25.5 Å². The monoisotopic (exact) mass is 374 g/mol. The van der Waals surface area contributed by atoms with Crippen LogP contribution in [0, 0.1) is 0 Å². The van der Waals surface area contributed by atoms with E-state index in [1.54, 1.807) is 26.5 Å². The summed E-state index contributed by atoms with van der Waals surface area (Å²) in [6, 6.07) is 5.66. The van der Waals surface area contributed by atoms with Crippen molar-refractivity contribution in [3.63, 3.8) is 0 Å². The maximum absolute atomic E-state index is 5.36. The number of benzene rings is 1. The van der Waals surface area contributed by atoms with Crippen LogP contribution in [0.3, 0.4) is 0 Å². The Morgan fingerprint density at radius 2 is 1.89 bits per heavy atom. The summed E-state index contributed by atoms with van der Waals surface area (Å²) in [5.74, 6) is 2.15. The van der Waals surface area contributed by atoms with Crippen molar-refractivity contribution >= 4 is 18.1 Å². The van der Waals surface area contributed by atoms with Crippen LogP contribution in [0.4, 0.5) is 11.9 Å². The molecule has 144 valence electrons. The third kappa shape index (κ3) is 4.73. The molecule has 1 aromatic heterocycles. The summed E-state index contributed by atoms with van der Waals surface area (Å²) in [7, 11) is 4.70. The van der Waals surface area contributed by atoms with E-state index in [1.165, 1.54) is 7.11 Å². The molecule has 0 atom stereocenters. The van der Waals surface area contributed by atoms with Crippen LogP contribution in [0.25, 0.3) is 0 Å². The van der Waals surface area contributed by atoms with E-state index in [4.69, 9.17) is 18.9 Å². The largest absolute Gasteiger partial charge is 0.497 e. The van der Waals surface area contributed by atoms with Crippen LogP contribution in [0.15, 0.2) is 23.3 Å². The Hall–Kier alpha value is -3.14. The molecule has 10 nitrogen and oxygen atoms in total. The molecule has 2 heterocycles. The minimum atomic E-state index is 0.214. The number of nitrogens with one attached hydrogen (secondary N) is 1. The predicted octanol–water partition coefficient (Wildman–Crippen LogP) is 1.18. The van der Waals surface area contributed by atoms with Crippen molar-refractivity contribution in [2.24, 2.45) is 5.10 Å². The highest BCUT2D eigenvalue weighted by Crippen LogP contribution is 2.23. The number of anilines is 2. The van der Waals surface area contributed by atoms with Gasteiger partial charge in [-0.05, 0) is 12.1 Å². The molecule has 1 saturated heterocycles. The van der Waals surface area contributed by atoms with Gasteiger partial charge in [0.1, 0.15) is 11.5 Å². The maximum Gasteiger partial charge on any atom is 0.322 e. The minimum absolute atomic E-state index is 0.214. The van der Waals surface area contributed by atoms with Crippen molar-refractivity contribution in [2.45, 2.75) is 0 Å². The molecule has 1 aliphatic heterocycles. The van der Waals surface area contributed by atoms with Gasteiger partial charge in [-0.15, -0.1) is 0 Å². The Morgan fingerprint density at radius 1 is 1.07 bits per heavy atom. The van der Waals surface area contributed by atoms with Gasteiger partial charge >= 0.3 is 6.01 Å². The number of aromatic nitrogens is 3. The molecular weight excluding hydrogens is 352 g/mol. The van der Waals surface area contributed by atoms with Crippen molar-refractivity contribution < 1.29 is 18.9 Å². The van der Waals surface area contributed by atoms with Crippen molar-refractivity contribution in [1.82, 2.24) is 15.0 Å². The Labute approximate surface area is 157 Å². The maximum atomic E-state index is 5.36. The first kappa shape index (κ1) is 18.6. The van der Waals surface area contributed by atoms with Gasteiger partial charge in [0.25, 0.3) is 5.95 Å². The molecule has 0 aliphatic carbocycles. The van der Waals surface area contributed by atoms with E-state index < -0.39 is 0 Å². The van der Waals surface area contributed by atoms with Crippen LogP contribution in [0.1, 0.15) is 5.56 Å². The highest BCUT2D eigenvalue weighted by Gasteiger charge is 2.16. The standard InChI is InChI=1S/C17H22N6O4/c1-24-13-5-4-12(14(10-13)25-2)11-18-22-15-19-16(21-17(20-15)26-3)23-6-8-27-9-7-23/h4-5,10-11H,6-9H2,1-3H3,(H,19,20,21,22)/b18-11+. The third-order valence-electron chi connectivity index (χ3n) is 3.89. The Bertz CT molecular complexity index is 795. The lowest BCUT2D eigenvalue weighted by molar-refractivity contribution is 0.122. The summed E-state index contributed by atoms with van der Waals surface area (Å²) in [5, 5.41) is 4.19. The molecule has 0 amide bonds. The van der Waals surface area contributed by atoms with E-state index >= 15 is 0 Å². The summed E-state index contributed by atoms with van der Waals surface area (Å²) in [5.41, 5.74) is 3.59. The molecular formula is C17H22N6O4. The van der Waals surface area contributed by atoms with E-state index in [1.807, 2.05) is 17.0 Å². The number of morpholine rings is 1. The smallest absolute Gasteiger partial charge is 0.322 e. The first-order valence-electron chi connectivity index (χ1n) is 8.37. The molecule has 1 aliphatic rings. The van der Waals surface area contributed by atoms with E-state index in [9.17, 15) is 0 Å². The molecule has 3 rings (SSSR count). The molecule has 10 heteroatoms. The molecule has 1 aromatic carbocycles. The second kappa shape index (κ2) is 8.99. The highest BCUT2D eigenvalue weighted by molar-refractivity contribution is 5.84. The quantitative estimate of drug-likeness (QED) is 0.565. The van der Waals surface area contributed by atoms with Gasteiger partial charge in [-0.2, -0.15) is 20.1 Å². The molecule has 0 unspecified atom stereocenters. The topological polar surface area (TPSA) is 103 Å². The fraction of sp³-hybridized carbons (Fsp3) is 0.412. The molecule has 27 heavy (non-hydrogen) atoms. The van der Waals surface area contributed by atoms with Gasteiger partial charge in [-0.3, -0.25) is 0 Å². The molecule has 2 aromatic rings. The summed E-state index contributed by atoms with van der Waals surface area (Å²) in [6.45, 7) is 2.68. The second-order valence-corrected chi connectivity index (χ2v) is 5.52. The summed E-state index contributed by atoms with van der Waals surface area (Å²) in [6.07, 6.45) is 1.61. The van der Waals surface area contributed by atoms with Gasteiger partial charge in [0.15, 0.2) is 0 Å². The molecule has 0 spiro atoms.